The van der Waals surface area contributed by atoms with Crippen molar-refractivity contribution < 1.29 is 9.84 Å². The molecule has 2 heterocycles. The van der Waals surface area contributed by atoms with E-state index in [9.17, 15) is 5.11 Å². The van der Waals surface area contributed by atoms with Crippen molar-refractivity contribution >= 4 is 16.5 Å². The highest BCUT2D eigenvalue weighted by Crippen LogP contribution is 2.23. The van der Waals surface area contributed by atoms with Gasteiger partial charge in [0.15, 0.2) is 5.13 Å². The van der Waals surface area contributed by atoms with Crippen LogP contribution in [0, 0.1) is 0 Å². The van der Waals surface area contributed by atoms with Gasteiger partial charge in [0.25, 0.3) is 0 Å². The molecule has 0 radical (unpaired) electrons. The van der Waals surface area contributed by atoms with Crippen LogP contribution in [-0.2, 0) is 11.3 Å². The maximum absolute atomic E-state index is 9.61. The Kier molecular flexibility index (Phi) is 4.55. The average Bonchev–Trinajstić information content (AvgIpc) is 2.77. The molecule has 0 atom stereocenters. The van der Waals surface area contributed by atoms with Gasteiger partial charge in [0.2, 0.25) is 0 Å². The van der Waals surface area contributed by atoms with Gasteiger partial charge < -0.3 is 20.1 Å². The molecule has 0 bridgehead atoms. The molecule has 6 heteroatoms. The molecule has 1 aromatic rings. The standard InChI is InChI=1S/C12H21N3O2S/c1-12(2,16)9-13-7-10-8-14-11(18-10)15-3-5-17-6-4-15/h8,13,16H,3-7,9H2,1-2H3. The molecule has 1 aliphatic rings. The predicted molar refractivity (Wildman–Crippen MR) is 73.2 cm³/mol. The Morgan fingerprint density at radius 3 is 2.89 bits per heavy atom. The maximum Gasteiger partial charge on any atom is 0.185 e. The number of thiazole rings is 1. The molecule has 5 nitrogen and oxygen atoms in total. The van der Waals surface area contributed by atoms with Crippen molar-refractivity contribution in [1.29, 1.82) is 0 Å². The topological polar surface area (TPSA) is 57.6 Å². The number of hydrogen-bond donors (Lipinski definition) is 2. The summed E-state index contributed by atoms with van der Waals surface area (Å²) in [6.07, 6.45) is 1.91. The number of anilines is 1. The van der Waals surface area contributed by atoms with Gasteiger partial charge in [-0.3, -0.25) is 0 Å². The van der Waals surface area contributed by atoms with E-state index in [1.54, 1.807) is 25.2 Å². The van der Waals surface area contributed by atoms with E-state index in [0.717, 1.165) is 38.0 Å². The van der Waals surface area contributed by atoms with E-state index in [0.29, 0.717) is 6.54 Å². The highest BCUT2D eigenvalue weighted by molar-refractivity contribution is 7.15. The van der Waals surface area contributed by atoms with Crippen molar-refractivity contribution in [1.82, 2.24) is 10.3 Å². The molecular weight excluding hydrogens is 250 g/mol. The summed E-state index contributed by atoms with van der Waals surface area (Å²) in [6.45, 7) is 8.34. The normalized spacial score (nSPS) is 17.2. The summed E-state index contributed by atoms with van der Waals surface area (Å²) in [7, 11) is 0. The fourth-order valence-corrected chi connectivity index (χ4v) is 2.70. The van der Waals surface area contributed by atoms with Crippen LogP contribution in [0.25, 0.3) is 0 Å². The first kappa shape index (κ1) is 13.7. The molecule has 0 aliphatic carbocycles. The van der Waals surface area contributed by atoms with E-state index in [-0.39, 0.29) is 0 Å². The Morgan fingerprint density at radius 1 is 1.50 bits per heavy atom. The van der Waals surface area contributed by atoms with Gasteiger partial charge in [0.05, 0.1) is 18.8 Å². The fourth-order valence-electron chi connectivity index (χ4n) is 1.77. The molecule has 0 aromatic carbocycles. The zero-order chi connectivity index (χ0) is 13.0. The summed E-state index contributed by atoms with van der Waals surface area (Å²) in [4.78, 5) is 7.89. The molecule has 18 heavy (non-hydrogen) atoms. The van der Waals surface area contributed by atoms with Gasteiger partial charge in [-0.1, -0.05) is 0 Å². The van der Waals surface area contributed by atoms with Crippen LogP contribution in [0.4, 0.5) is 5.13 Å². The van der Waals surface area contributed by atoms with Crippen LogP contribution in [0.5, 0.6) is 0 Å². The van der Waals surface area contributed by atoms with Crippen molar-refractivity contribution in [2.24, 2.45) is 0 Å². The molecule has 1 aromatic heterocycles. The third-order valence-electron chi connectivity index (χ3n) is 2.68. The lowest BCUT2D eigenvalue weighted by Gasteiger charge is -2.26. The van der Waals surface area contributed by atoms with Gasteiger partial charge in [0, 0.05) is 37.3 Å². The quantitative estimate of drug-likeness (QED) is 0.831. The van der Waals surface area contributed by atoms with Gasteiger partial charge in [0.1, 0.15) is 0 Å². The van der Waals surface area contributed by atoms with Crippen LogP contribution in [-0.4, -0.2) is 48.5 Å². The van der Waals surface area contributed by atoms with Crippen molar-refractivity contribution in [2.45, 2.75) is 26.0 Å². The summed E-state index contributed by atoms with van der Waals surface area (Å²) >= 11 is 1.71. The SMILES string of the molecule is CC(C)(O)CNCc1cnc(N2CCOCC2)s1. The third kappa shape index (κ3) is 4.20. The van der Waals surface area contributed by atoms with Crippen LogP contribution >= 0.6 is 11.3 Å². The number of rotatable bonds is 5. The zero-order valence-corrected chi connectivity index (χ0v) is 11.8. The number of ether oxygens (including phenoxy) is 1. The first-order chi connectivity index (χ1) is 8.54. The Balaban J connectivity index is 1.82. The third-order valence-corrected chi connectivity index (χ3v) is 3.74. The molecule has 1 saturated heterocycles. The second-order valence-electron chi connectivity index (χ2n) is 5.12. The first-order valence-corrected chi connectivity index (χ1v) is 7.07. The van der Waals surface area contributed by atoms with E-state index in [1.165, 1.54) is 4.88 Å². The minimum Gasteiger partial charge on any atom is -0.389 e. The number of hydrogen-bond acceptors (Lipinski definition) is 6. The lowest BCUT2D eigenvalue weighted by Crippen LogP contribution is -2.36. The lowest BCUT2D eigenvalue weighted by molar-refractivity contribution is 0.0796. The predicted octanol–water partition coefficient (Wildman–Crippen LogP) is 0.840. The molecule has 0 unspecified atom stereocenters. The number of aliphatic hydroxyl groups is 1. The van der Waals surface area contributed by atoms with Gasteiger partial charge in [-0.25, -0.2) is 4.98 Å². The number of morpholine rings is 1. The molecule has 102 valence electrons. The van der Waals surface area contributed by atoms with Crippen molar-refractivity contribution in [3.8, 4) is 0 Å². The molecule has 1 fully saturated rings. The summed E-state index contributed by atoms with van der Waals surface area (Å²) in [5, 5.41) is 13.9. The molecule has 2 rings (SSSR count). The monoisotopic (exact) mass is 271 g/mol. The highest BCUT2D eigenvalue weighted by Gasteiger charge is 2.15. The van der Waals surface area contributed by atoms with Crippen molar-refractivity contribution in [2.75, 3.05) is 37.7 Å². The molecular formula is C12H21N3O2S. The van der Waals surface area contributed by atoms with Crippen LogP contribution < -0.4 is 10.2 Å². The smallest absolute Gasteiger partial charge is 0.185 e. The summed E-state index contributed by atoms with van der Waals surface area (Å²) in [5.74, 6) is 0. The molecule has 0 saturated carbocycles. The largest absolute Gasteiger partial charge is 0.389 e. The molecule has 0 amide bonds. The van der Waals surface area contributed by atoms with Gasteiger partial charge in [-0.15, -0.1) is 11.3 Å². The average molecular weight is 271 g/mol. The Hall–Kier alpha value is -0.690. The van der Waals surface area contributed by atoms with E-state index in [1.807, 2.05) is 6.20 Å². The minimum absolute atomic E-state index is 0.581. The van der Waals surface area contributed by atoms with E-state index in [4.69, 9.17) is 4.74 Å². The fraction of sp³-hybridized carbons (Fsp3) is 0.750. The van der Waals surface area contributed by atoms with Crippen LogP contribution in [0.1, 0.15) is 18.7 Å². The maximum atomic E-state index is 9.61. The minimum atomic E-state index is -0.669. The first-order valence-electron chi connectivity index (χ1n) is 6.25. The van der Waals surface area contributed by atoms with Crippen LogP contribution in [0.2, 0.25) is 0 Å². The van der Waals surface area contributed by atoms with Gasteiger partial charge in [-0.05, 0) is 13.8 Å². The summed E-state index contributed by atoms with van der Waals surface area (Å²) in [5.41, 5.74) is -0.669. The second-order valence-corrected chi connectivity index (χ2v) is 6.22. The summed E-state index contributed by atoms with van der Waals surface area (Å²) in [6, 6.07) is 0. The number of nitrogens with zero attached hydrogens (tertiary/aromatic N) is 2. The lowest BCUT2D eigenvalue weighted by atomic mass is 10.1. The summed E-state index contributed by atoms with van der Waals surface area (Å²) < 4.78 is 5.33. The Morgan fingerprint density at radius 2 is 2.22 bits per heavy atom. The van der Waals surface area contributed by atoms with E-state index >= 15 is 0 Å². The van der Waals surface area contributed by atoms with Crippen LogP contribution in [0.15, 0.2) is 6.20 Å². The Labute approximate surface area is 112 Å². The van der Waals surface area contributed by atoms with Crippen LogP contribution in [0.3, 0.4) is 0 Å². The number of nitrogens with one attached hydrogen (secondary N) is 1. The molecule has 0 spiro atoms. The second kappa shape index (κ2) is 5.97. The number of aromatic nitrogens is 1. The van der Waals surface area contributed by atoms with E-state index in [2.05, 4.69) is 15.2 Å². The van der Waals surface area contributed by atoms with Gasteiger partial charge >= 0.3 is 0 Å². The van der Waals surface area contributed by atoms with Crippen molar-refractivity contribution in [3.05, 3.63) is 11.1 Å². The van der Waals surface area contributed by atoms with E-state index < -0.39 is 5.60 Å². The molecule has 2 N–H and O–H groups in total. The van der Waals surface area contributed by atoms with Crippen molar-refractivity contribution in [3.63, 3.8) is 0 Å². The molecule has 1 aliphatic heterocycles. The zero-order valence-electron chi connectivity index (χ0n) is 11.0. The van der Waals surface area contributed by atoms with Gasteiger partial charge in [-0.2, -0.15) is 0 Å². The highest BCUT2D eigenvalue weighted by atomic mass is 32.1. The Bertz CT molecular complexity index is 370.